The van der Waals surface area contributed by atoms with Crippen LogP contribution in [0.5, 0.6) is 0 Å². The molecule has 2 aliphatic rings. The number of hydrogen-bond acceptors (Lipinski definition) is 3. The monoisotopic (exact) mass is 304 g/mol. The summed E-state index contributed by atoms with van der Waals surface area (Å²) in [6, 6.07) is 0.211. The largest absolute Gasteiger partial charge is 0.381 e. The first-order valence-electron chi connectivity index (χ1n) is 7.41. The van der Waals surface area contributed by atoms with Gasteiger partial charge >= 0.3 is 0 Å². The molecule has 2 aliphatic carbocycles. The van der Waals surface area contributed by atoms with Crippen LogP contribution < -0.4 is 11.1 Å². The molecule has 0 aliphatic heterocycles. The number of ether oxygens (including phenoxy) is 1. The minimum absolute atomic E-state index is 0. The van der Waals surface area contributed by atoms with Crippen LogP contribution in [0.25, 0.3) is 0 Å². The molecule has 118 valence electrons. The van der Waals surface area contributed by atoms with Crippen LogP contribution in [0.15, 0.2) is 0 Å². The van der Waals surface area contributed by atoms with Crippen LogP contribution in [0.3, 0.4) is 0 Å². The molecule has 0 bridgehead atoms. The molecule has 1 amide bonds. The average Bonchev–Trinajstić information content (AvgIpc) is 2.33. The Bertz CT molecular complexity index is 358. The Morgan fingerprint density at radius 3 is 2.45 bits per heavy atom. The predicted molar refractivity (Wildman–Crippen MR) is 82.9 cm³/mol. The highest BCUT2D eigenvalue weighted by Gasteiger charge is 2.50. The molecule has 0 aromatic heterocycles. The maximum Gasteiger partial charge on any atom is 0.225 e. The summed E-state index contributed by atoms with van der Waals surface area (Å²) in [4.78, 5) is 12.5. The van der Waals surface area contributed by atoms with E-state index in [1.807, 2.05) is 6.92 Å². The highest BCUT2D eigenvalue weighted by molar-refractivity contribution is 5.85. The number of nitrogens with one attached hydrogen (secondary N) is 1. The van der Waals surface area contributed by atoms with Crippen molar-refractivity contribution < 1.29 is 9.53 Å². The first-order valence-corrected chi connectivity index (χ1v) is 7.41. The van der Waals surface area contributed by atoms with Gasteiger partial charge in [0.15, 0.2) is 0 Å². The third kappa shape index (κ3) is 3.12. The van der Waals surface area contributed by atoms with Gasteiger partial charge in [-0.05, 0) is 26.2 Å². The Morgan fingerprint density at radius 2 is 1.95 bits per heavy atom. The van der Waals surface area contributed by atoms with Gasteiger partial charge in [0.25, 0.3) is 0 Å². The van der Waals surface area contributed by atoms with Crippen LogP contribution >= 0.6 is 12.4 Å². The molecule has 4 unspecified atom stereocenters. The van der Waals surface area contributed by atoms with Crippen molar-refractivity contribution in [1.82, 2.24) is 5.32 Å². The Hall–Kier alpha value is -0.320. The molecule has 4 nitrogen and oxygen atoms in total. The number of carbonyl (C=O) groups excluding carboxylic acids is 1. The highest BCUT2D eigenvalue weighted by Crippen LogP contribution is 2.43. The van der Waals surface area contributed by atoms with Crippen LogP contribution in [-0.2, 0) is 9.53 Å². The highest BCUT2D eigenvalue weighted by atomic mass is 35.5. The van der Waals surface area contributed by atoms with E-state index in [9.17, 15) is 4.79 Å². The molecule has 0 spiro atoms. The molecule has 2 fully saturated rings. The molecule has 2 rings (SSSR count). The zero-order valence-electron chi connectivity index (χ0n) is 13.1. The summed E-state index contributed by atoms with van der Waals surface area (Å²) in [5.74, 6) is 0.0935. The second-order valence-corrected chi connectivity index (χ2v) is 7.15. The Labute approximate surface area is 128 Å². The Kier molecular flexibility index (Phi) is 5.50. The first kappa shape index (κ1) is 17.7. The molecule has 20 heavy (non-hydrogen) atoms. The fourth-order valence-electron chi connectivity index (χ4n) is 3.59. The minimum Gasteiger partial charge on any atom is -0.381 e. The van der Waals surface area contributed by atoms with E-state index in [2.05, 4.69) is 19.2 Å². The van der Waals surface area contributed by atoms with Crippen LogP contribution in [-0.4, -0.2) is 30.7 Å². The van der Waals surface area contributed by atoms with E-state index in [4.69, 9.17) is 10.5 Å². The van der Waals surface area contributed by atoms with Gasteiger partial charge in [0.2, 0.25) is 5.91 Å². The zero-order valence-corrected chi connectivity index (χ0v) is 13.9. The van der Waals surface area contributed by atoms with E-state index in [-0.39, 0.29) is 47.3 Å². The van der Waals surface area contributed by atoms with Gasteiger partial charge in [0.05, 0.1) is 12.0 Å². The molecule has 0 aromatic carbocycles. The minimum atomic E-state index is -0.350. The predicted octanol–water partition coefficient (Wildman–Crippen LogP) is 2.25. The van der Waals surface area contributed by atoms with Gasteiger partial charge in [0, 0.05) is 24.1 Å². The summed E-state index contributed by atoms with van der Waals surface area (Å²) in [6.45, 7) is 6.32. The standard InChI is InChI=1S/C15H28N2O2.ClH/c1-14(2)11(9-12(14)19-4)17-13(18)10-7-5-6-8-15(10,3)16;/h10-12H,5-9,16H2,1-4H3,(H,17,18);1H. The lowest BCUT2D eigenvalue weighted by Crippen LogP contribution is -2.64. The van der Waals surface area contributed by atoms with Crippen LogP contribution in [0.1, 0.15) is 52.9 Å². The van der Waals surface area contributed by atoms with Crippen LogP contribution in [0.4, 0.5) is 0 Å². The van der Waals surface area contributed by atoms with Gasteiger partial charge in [0.1, 0.15) is 0 Å². The lowest BCUT2D eigenvalue weighted by Gasteiger charge is -2.52. The molecule has 4 atom stereocenters. The maximum atomic E-state index is 12.5. The number of halogens is 1. The summed E-state index contributed by atoms with van der Waals surface area (Å²) in [6.07, 6.45) is 5.26. The van der Waals surface area contributed by atoms with Crippen molar-refractivity contribution >= 4 is 18.3 Å². The van der Waals surface area contributed by atoms with E-state index in [0.717, 1.165) is 32.1 Å². The summed E-state index contributed by atoms with van der Waals surface area (Å²) in [5, 5.41) is 3.20. The topological polar surface area (TPSA) is 64.3 Å². The number of methoxy groups -OCH3 is 1. The molecular formula is C15H29ClN2O2. The van der Waals surface area contributed by atoms with Gasteiger partial charge in [-0.25, -0.2) is 0 Å². The van der Waals surface area contributed by atoms with Gasteiger partial charge < -0.3 is 15.8 Å². The second kappa shape index (κ2) is 6.20. The molecule has 5 heteroatoms. The summed E-state index contributed by atoms with van der Waals surface area (Å²) >= 11 is 0. The Morgan fingerprint density at radius 1 is 1.30 bits per heavy atom. The van der Waals surface area contributed by atoms with Crippen molar-refractivity contribution in [3.63, 3.8) is 0 Å². The van der Waals surface area contributed by atoms with Crippen molar-refractivity contribution in [2.75, 3.05) is 7.11 Å². The Balaban J connectivity index is 0.00000200. The molecule has 3 N–H and O–H groups in total. The molecule has 2 saturated carbocycles. The average molecular weight is 305 g/mol. The quantitative estimate of drug-likeness (QED) is 0.840. The van der Waals surface area contributed by atoms with Crippen LogP contribution in [0, 0.1) is 11.3 Å². The van der Waals surface area contributed by atoms with Crippen molar-refractivity contribution in [1.29, 1.82) is 0 Å². The third-order valence-electron chi connectivity index (χ3n) is 5.35. The molecular weight excluding hydrogens is 276 g/mol. The lowest BCUT2D eigenvalue weighted by molar-refractivity contribution is -0.138. The fraction of sp³-hybridized carbons (Fsp3) is 0.933. The van der Waals surface area contributed by atoms with Gasteiger partial charge in [-0.1, -0.05) is 26.7 Å². The summed E-state index contributed by atoms with van der Waals surface area (Å²) < 4.78 is 5.42. The van der Waals surface area contributed by atoms with Gasteiger partial charge in [-0.2, -0.15) is 0 Å². The van der Waals surface area contributed by atoms with Crippen molar-refractivity contribution in [3.05, 3.63) is 0 Å². The van der Waals surface area contributed by atoms with E-state index in [1.54, 1.807) is 7.11 Å². The normalized spacial score (nSPS) is 39.4. The van der Waals surface area contributed by atoms with E-state index in [0.29, 0.717) is 0 Å². The van der Waals surface area contributed by atoms with Crippen molar-refractivity contribution in [2.45, 2.75) is 70.6 Å². The van der Waals surface area contributed by atoms with Gasteiger partial charge in [-0.15, -0.1) is 12.4 Å². The molecule has 0 saturated heterocycles. The van der Waals surface area contributed by atoms with Crippen molar-refractivity contribution in [3.8, 4) is 0 Å². The summed E-state index contributed by atoms with van der Waals surface area (Å²) in [7, 11) is 1.74. The van der Waals surface area contributed by atoms with Gasteiger partial charge in [-0.3, -0.25) is 4.79 Å². The smallest absolute Gasteiger partial charge is 0.225 e. The zero-order chi connectivity index (χ0) is 14.3. The number of amides is 1. The molecule has 0 radical (unpaired) electrons. The molecule has 0 heterocycles. The SMILES string of the molecule is COC1CC(NC(=O)C2CCCCC2(C)N)C1(C)C.Cl. The van der Waals surface area contributed by atoms with E-state index >= 15 is 0 Å². The number of carbonyl (C=O) groups is 1. The van der Waals surface area contributed by atoms with E-state index < -0.39 is 0 Å². The molecule has 0 aromatic rings. The number of rotatable bonds is 3. The summed E-state index contributed by atoms with van der Waals surface area (Å²) in [5.41, 5.74) is 5.96. The first-order chi connectivity index (χ1) is 8.79. The van der Waals surface area contributed by atoms with Crippen LogP contribution in [0.2, 0.25) is 0 Å². The lowest BCUT2D eigenvalue weighted by atomic mass is 9.64. The number of hydrogen-bond donors (Lipinski definition) is 2. The number of nitrogens with two attached hydrogens (primary N) is 1. The maximum absolute atomic E-state index is 12.5. The third-order valence-corrected chi connectivity index (χ3v) is 5.35. The fourth-order valence-corrected chi connectivity index (χ4v) is 3.59. The van der Waals surface area contributed by atoms with Crippen molar-refractivity contribution in [2.24, 2.45) is 17.1 Å². The van der Waals surface area contributed by atoms with E-state index in [1.165, 1.54) is 0 Å². The second-order valence-electron chi connectivity index (χ2n) is 7.15.